The zero-order chi connectivity index (χ0) is 11.3. The van der Waals surface area contributed by atoms with Gasteiger partial charge in [-0.15, -0.1) is 0 Å². The van der Waals surface area contributed by atoms with Crippen molar-refractivity contribution >= 4 is 0 Å². The third-order valence-corrected chi connectivity index (χ3v) is 3.29. The van der Waals surface area contributed by atoms with Crippen molar-refractivity contribution in [3.8, 4) is 6.07 Å². The maximum Gasteiger partial charge on any atom is 0.0684 e. The highest BCUT2D eigenvalue weighted by atomic mass is 15.1. The molecule has 0 aromatic rings. The van der Waals surface area contributed by atoms with Crippen LogP contribution in [0.3, 0.4) is 0 Å². The minimum absolute atomic E-state index is 0.185. The van der Waals surface area contributed by atoms with Crippen molar-refractivity contribution in [3.05, 3.63) is 0 Å². The van der Waals surface area contributed by atoms with Gasteiger partial charge in [-0.1, -0.05) is 0 Å². The Hall–Kier alpha value is -0.590. The molecule has 0 aromatic heterocycles. The van der Waals surface area contributed by atoms with Crippen LogP contribution in [0.15, 0.2) is 0 Å². The first-order chi connectivity index (χ1) is 7.07. The van der Waals surface area contributed by atoms with Crippen LogP contribution in [0.1, 0.15) is 33.1 Å². The maximum absolute atomic E-state index is 8.93. The lowest BCUT2D eigenvalue weighted by Crippen LogP contribution is -2.39. The minimum atomic E-state index is -0.185. The standard InChI is InChI=1S/C12H23N3/c1-12(2,10-14)5-7-15-6-3-4-11(8-13)9-15/h11H,3-9,13H2,1-2H3. The average molecular weight is 209 g/mol. The first-order valence-electron chi connectivity index (χ1n) is 5.91. The van der Waals surface area contributed by atoms with E-state index in [4.69, 9.17) is 11.0 Å². The molecular formula is C12H23N3. The van der Waals surface area contributed by atoms with Crippen molar-refractivity contribution in [2.24, 2.45) is 17.1 Å². The van der Waals surface area contributed by atoms with E-state index in [0.717, 1.165) is 26.1 Å². The number of hydrogen-bond acceptors (Lipinski definition) is 3. The molecule has 0 amide bonds. The molecule has 3 nitrogen and oxygen atoms in total. The summed E-state index contributed by atoms with van der Waals surface area (Å²) in [4.78, 5) is 2.46. The Morgan fingerprint density at radius 3 is 2.87 bits per heavy atom. The van der Waals surface area contributed by atoms with E-state index < -0.39 is 0 Å². The normalized spacial score (nSPS) is 23.7. The van der Waals surface area contributed by atoms with E-state index in [2.05, 4.69) is 11.0 Å². The highest BCUT2D eigenvalue weighted by Gasteiger charge is 2.22. The van der Waals surface area contributed by atoms with Crippen molar-refractivity contribution in [1.82, 2.24) is 4.90 Å². The second-order valence-electron chi connectivity index (χ2n) is 5.29. The zero-order valence-corrected chi connectivity index (χ0v) is 10.00. The Kier molecular flexibility index (Phi) is 4.56. The molecule has 15 heavy (non-hydrogen) atoms. The van der Waals surface area contributed by atoms with Crippen LogP contribution >= 0.6 is 0 Å². The van der Waals surface area contributed by atoms with Crippen LogP contribution in [0.4, 0.5) is 0 Å². The van der Waals surface area contributed by atoms with Gasteiger partial charge in [0.1, 0.15) is 0 Å². The molecule has 1 fully saturated rings. The van der Waals surface area contributed by atoms with Crippen LogP contribution in [0, 0.1) is 22.7 Å². The number of hydrogen-bond donors (Lipinski definition) is 1. The van der Waals surface area contributed by atoms with Crippen LogP contribution in [0.2, 0.25) is 0 Å². The predicted octanol–water partition coefficient (Wildman–Crippen LogP) is 1.60. The monoisotopic (exact) mass is 209 g/mol. The molecule has 1 aliphatic rings. The summed E-state index contributed by atoms with van der Waals surface area (Å²) in [5.41, 5.74) is 5.51. The number of nitrogens with two attached hydrogens (primary N) is 1. The Morgan fingerprint density at radius 1 is 1.53 bits per heavy atom. The van der Waals surface area contributed by atoms with Gasteiger partial charge in [-0.2, -0.15) is 5.26 Å². The van der Waals surface area contributed by atoms with E-state index in [1.165, 1.54) is 19.4 Å². The molecule has 0 radical (unpaired) electrons. The van der Waals surface area contributed by atoms with Gasteiger partial charge in [0.25, 0.3) is 0 Å². The number of nitriles is 1. The predicted molar refractivity (Wildman–Crippen MR) is 62.2 cm³/mol. The summed E-state index contributed by atoms with van der Waals surface area (Å²) >= 11 is 0. The summed E-state index contributed by atoms with van der Waals surface area (Å²) in [6.45, 7) is 8.17. The van der Waals surface area contributed by atoms with Crippen LogP contribution < -0.4 is 5.73 Å². The second kappa shape index (κ2) is 5.48. The number of rotatable bonds is 4. The lowest BCUT2D eigenvalue weighted by molar-refractivity contribution is 0.163. The molecule has 0 saturated carbocycles. The van der Waals surface area contributed by atoms with Gasteiger partial charge in [0.15, 0.2) is 0 Å². The molecule has 0 aromatic carbocycles. The first-order valence-corrected chi connectivity index (χ1v) is 5.91. The Balaban J connectivity index is 2.30. The summed E-state index contributed by atoms with van der Waals surface area (Å²) in [6.07, 6.45) is 3.49. The summed E-state index contributed by atoms with van der Waals surface area (Å²) in [6, 6.07) is 2.35. The molecule has 1 saturated heterocycles. The molecular weight excluding hydrogens is 186 g/mol. The molecule has 2 N–H and O–H groups in total. The lowest BCUT2D eigenvalue weighted by Gasteiger charge is -2.33. The first kappa shape index (κ1) is 12.5. The molecule has 1 heterocycles. The zero-order valence-electron chi connectivity index (χ0n) is 10.00. The quantitative estimate of drug-likeness (QED) is 0.765. The second-order valence-corrected chi connectivity index (χ2v) is 5.29. The summed E-state index contributed by atoms with van der Waals surface area (Å²) in [5.74, 6) is 0.670. The van der Waals surface area contributed by atoms with E-state index in [1.54, 1.807) is 0 Å². The third-order valence-electron chi connectivity index (χ3n) is 3.29. The fourth-order valence-electron chi connectivity index (χ4n) is 2.04. The van der Waals surface area contributed by atoms with Gasteiger partial charge in [0, 0.05) is 6.54 Å². The lowest BCUT2D eigenvalue weighted by atomic mass is 9.90. The van der Waals surface area contributed by atoms with Gasteiger partial charge in [0.2, 0.25) is 0 Å². The maximum atomic E-state index is 8.93. The Bertz CT molecular complexity index is 230. The summed E-state index contributed by atoms with van der Waals surface area (Å²) in [7, 11) is 0. The number of nitrogens with zero attached hydrogens (tertiary/aromatic N) is 2. The van der Waals surface area contributed by atoms with Gasteiger partial charge in [-0.3, -0.25) is 0 Å². The van der Waals surface area contributed by atoms with Crippen molar-refractivity contribution in [3.63, 3.8) is 0 Å². The Morgan fingerprint density at radius 2 is 2.27 bits per heavy atom. The van der Waals surface area contributed by atoms with Crippen LogP contribution in [0.5, 0.6) is 0 Å². The van der Waals surface area contributed by atoms with E-state index in [-0.39, 0.29) is 5.41 Å². The number of likely N-dealkylation sites (tertiary alicyclic amines) is 1. The topological polar surface area (TPSA) is 53.0 Å². The van der Waals surface area contributed by atoms with E-state index in [9.17, 15) is 0 Å². The fraction of sp³-hybridized carbons (Fsp3) is 0.917. The van der Waals surface area contributed by atoms with E-state index in [0.29, 0.717) is 5.92 Å². The van der Waals surface area contributed by atoms with Crippen LogP contribution in [0.25, 0.3) is 0 Å². The molecule has 1 unspecified atom stereocenters. The van der Waals surface area contributed by atoms with Crippen molar-refractivity contribution in [2.45, 2.75) is 33.1 Å². The average Bonchev–Trinajstić information content (AvgIpc) is 2.27. The SMILES string of the molecule is CC(C)(C#N)CCN1CCCC(CN)C1. The fourth-order valence-corrected chi connectivity index (χ4v) is 2.04. The Labute approximate surface area is 93.2 Å². The third kappa shape index (κ3) is 4.19. The molecule has 3 heteroatoms. The van der Waals surface area contributed by atoms with Crippen molar-refractivity contribution in [1.29, 1.82) is 5.26 Å². The number of piperidine rings is 1. The molecule has 86 valence electrons. The van der Waals surface area contributed by atoms with Crippen LogP contribution in [-0.2, 0) is 0 Å². The minimum Gasteiger partial charge on any atom is -0.330 e. The van der Waals surface area contributed by atoms with Gasteiger partial charge in [-0.25, -0.2) is 0 Å². The molecule has 0 bridgehead atoms. The van der Waals surface area contributed by atoms with E-state index >= 15 is 0 Å². The van der Waals surface area contributed by atoms with Gasteiger partial charge >= 0.3 is 0 Å². The molecule has 1 aliphatic heterocycles. The highest BCUT2D eigenvalue weighted by Crippen LogP contribution is 2.21. The van der Waals surface area contributed by atoms with Crippen LogP contribution in [-0.4, -0.2) is 31.1 Å². The molecule has 1 atom stereocenters. The largest absolute Gasteiger partial charge is 0.330 e. The van der Waals surface area contributed by atoms with Gasteiger partial charge in [-0.05, 0) is 58.7 Å². The van der Waals surface area contributed by atoms with Gasteiger partial charge in [0.05, 0.1) is 11.5 Å². The molecule has 0 aliphatic carbocycles. The molecule has 0 spiro atoms. The molecule has 1 rings (SSSR count). The highest BCUT2D eigenvalue weighted by molar-refractivity contribution is 4.92. The van der Waals surface area contributed by atoms with Crippen molar-refractivity contribution < 1.29 is 0 Å². The van der Waals surface area contributed by atoms with Crippen molar-refractivity contribution in [2.75, 3.05) is 26.2 Å². The van der Waals surface area contributed by atoms with E-state index in [1.807, 2.05) is 13.8 Å². The summed E-state index contributed by atoms with van der Waals surface area (Å²) < 4.78 is 0. The summed E-state index contributed by atoms with van der Waals surface area (Å²) in [5, 5.41) is 8.93. The smallest absolute Gasteiger partial charge is 0.0684 e. The van der Waals surface area contributed by atoms with Gasteiger partial charge < -0.3 is 10.6 Å².